The molecule has 1 amide bonds. The van der Waals surface area contributed by atoms with Crippen LogP contribution in [0.5, 0.6) is 0 Å². The highest BCUT2D eigenvalue weighted by molar-refractivity contribution is 6.09. The average molecular weight is 209 g/mol. The van der Waals surface area contributed by atoms with Crippen molar-refractivity contribution in [2.45, 2.75) is 45.1 Å². The minimum Gasteiger partial charge on any atom is -0.342 e. The summed E-state index contributed by atoms with van der Waals surface area (Å²) in [7, 11) is 0. The average Bonchev–Trinajstić information content (AvgIpc) is 2.74. The lowest BCUT2D eigenvalue weighted by Crippen LogP contribution is -2.44. The van der Waals surface area contributed by atoms with Crippen LogP contribution in [0.3, 0.4) is 0 Å². The fraction of sp³-hybridized carbons (Fsp3) is 0.818. The van der Waals surface area contributed by atoms with E-state index < -0.39 is 0 Å². The van der Waals surface area contributed by atoms with E-state index in [0.717, 1.165) is 25.7 Å². The summed E-state index contributed by atoms with van der Waals surface area (Å²) < 4.78 is 0. The van der Waals surface area contributed by atoms with Crippen molar-refractivity contribution in [3.8, 4) is 0 Å². The van der Waals surface area contributed by atoms with Crippen LogP contribution in [-0.4, -0.2) is 24.0 Å². The summed E-state index contributed by atoms with van der Waals surface area (Å²) in [6.07, 6.45) is 4.21. The van der Waals surface area contributed by atoms with Crippen molar-refractivity contribution in [3.63, 3.8) is 0 Å². The number of carbonyl (C=O) groups is 1. The van der Waals surface area contributed by atoms with Gasteiger partial charge in [-0.05, 0) is 32.1 Å². The Kier molecular flexibility index (Phi) is 2.67. The first-order valence-electron chi connectivity index (χ1n) is 5.84. The van der Waals surface area contributed by atoms with Crippen molar-refractivity contribution in [2.24, 2.45) is 10.9 Å². The van der Waals surface area contributed by atoms with E-state index in [-0.39, 0.29) is 11.4 Å². The van der Waals surface area contributed by atoms with E-state index in [1.54, 1.807) is 0 Å². The SMILES string of the molecule is CCN=C1NC(=O)C2(CCC(CC)C2)N1. The quantitative estimate of drug-likeness (QED) is 0.713. The third-order valence-corrected chi connectivity index (χ3v) is 3.53. The highest BCUT2D eigenvalue weighted by Gasteiger charge is 2.49. The van der Waals surface area contributed by atoms with Gasteiger partial charge in [0.1, 0.15) is 5.54 Å². The van der Waals surface area contributed by atoms with Gasteiger partial charge in [-0.15, -0.1) is 0 Å². The molecule has 2 aliphatic rings. The Labute approximate surface area is 90.5 Å². The van der Waals surface area contributed by atoms with E-state index in [0.29, 0.717) is 18.4 Å². The highest BCUT2D eigenvalue weighted by atomic mass is 16.2. The molecule has 84 valence electrons. The summed E-state index contributed by atoms with van der Waals surface area (Å²) in [5, 5.41) is 6.10. The van der Waals surface area contributed by atoms with Crippen molar-refractivity contribution in [1.82, 2.24) is 10.6 Å². The third-order valence-electron chi connectivity index (χ3n) is 3.53. The van der Waals surface area contributed by atoms with Crippen LogP contribution >= 0.6 is 0 Å². The number of hydrogen-bond donors (Lipinski definition) is 2. The van der Waals surface area contributed by atoms with Crippen molar-refractivity contribution in [2.75, 3.05) is 6.54 Å². The predicted molar refractivity (Wildman–Crippen MR) is 59.6 cm³/mol. The Morgan fingerprint density at radius 2 is 2.33 bits per heavy atom. The van der Waals surface area contributed by atoms with Gasteiger partial charge in [0.2, 0.25) is 0 Å². The molecule has 1 spiro atoms. The summed E-state index contributed by atoms with van der Waals surface area (Å²) in [4.78, 5) is 16.1. The molecule has 15 heavy (non-hydrogen) atoms. The number of hydrogen-bond acceptors (Lipinski definition) is 2. The van der Waals surface area contributed by atoms with Crippen LogP contribution in [-0.2, 0) is 4.79 Å². The fourth-order valence-electron chi connectivity index (χ4n) is 2.59. The van der Waals surface area contributed by atoms with E-state index in [9.17, 15) is 4.79 Å². The topological polar surface area (TPSA) is 53.5 Å². The van der Waals surface area contributed by atoms with E-state index in [1.807, 2.05) is 6.92 Å². The van der Waals surface area contributed by atoms with E-state index >= 15 is 0 Å². The summed E-state index contributed by atoms with van der Waals surface area (Å²) in [6, 6.07) is 0. The molecule has 1 saturated heterocycles. The van der Waals surface area contributed by atoms with E-state index in [2.05, 4.69) is 22.5 Å². The maximum absolute atomic E-state index is 11.9. The molecule has 1 aliphatic carbocycles. The van der Waals surface area contributed by atoms with Gasteiger partial charge in [-0.1, -0.05) is 13.3 Å². The summed E-state index contributed by atoms with van der Waals surface area (Å²) >= 11 is 0. The molecule has 0 aromatic carbocycles. The van der Waals surface area contributed by atoms with Crippen LogP contribution < -0.4 is 10.6 Å². The number of nitrogens with one attached hydrogen (secondary N) is 2. The van der Waals surface area contributed by atoms with E-state index in [4.69, 9.17) is 0 Å². The van der Waals surface area contributed by atoms with Crippen LogP contribution in [0.4, 0.5) is 0 Å². The van der Waals surface area contributed by atoms with Gasteiger partial charge in [-0.2, -0.15) is 0 Å². The molecule has 0 aromatic heterocycles. The first-order valence-corrected chi connectivity index (χ1v) is 5.84. The number of nitrogens with zero attached hydrogens (tertiary/aromatic N) is 1. The number of carbonyl (C=O) groups excluding carboxylic acids is 1. The Morgan fingerprint density at radius 3 is 2.93 bits per heavy atom. The van der Waals surface area contributed by atoms with Gasteiger partial charge in [0.15, 0.2) is 5.96 Å². The molecular formula is C11H19N3O. The molecule has 2 N–H and O–H groups in total. The molecule has 0 aromatic rings. The highest BCUT2D eigenvalue weighted by Crippen LogP contribution is 2.37. The Bertz CT molecular complexity index is 300. The molecule has 1 saturated carbocycles. The van der Waals surface area contributed by atoms with E-state index in [1.165, 1.54) is 0 Å². The van der Waals surface area contributed by atoms with Crippen LogP contribution in [0.25, 0.3) is 0 Å². The third kappa shape index (κ3) is 1.73. The molecule has 0 radical (unpaired) electrons. The Hall–Kier alpha value is -1.06. The van der Waals surface area contributed by atoms with Crippen LogP contribution in [0.15, 0.2) is 4.99 Å². The lowest BCUT2D eigenvalue weighted by molar-refractivity contribution is -0.123. The molecule has 2 fully saturated rings. The molecule has 1 aliphatic heterocycles. The van der Waals surface area contributed by atoms with Crippen molar-refractivity contribution in [1.29, 1.82) is 0 Å². The van der Waals surface area contributed by atoms with Gasteiger partial charge < -0.3 is 5.32 Å². The predicted octanol–water partition coefficient (Wildman–Crippen LogP) is 1.03. The standard InChI is InChI=1S/C11H19N3O/c1-3-8-5-6-11(7-8)9(15)13-10(14-11)12-4-2/h8H,3-7H2,1-2H3,(H2,12,13,14,15). The van der Waals surface area contributed by atoms with Gasteiger partial charge in [0.25, 0.3) is 5.91 Å². The van der Waals surface area contributed by atoms with Gasteiger partial charge in [-0.3, -0.25) is 15.1 Å². The second-order valence-electron chi connectivity index (χ2n) is 4.50. The molecule has 4 heteroatoms. The minimum absolute atomic E-state index is 0.116. The summed E-state index contributed by atoms with van der Waals surface area (Å²) in [5.74, 6) is 1.47. The molecule has 4 nitrogen and oxygen atoms in total. The zero-order chi connectivity index (χ0) is 10.9. The number of amides is 1. The molecule has 0 bridgehead atoms. The second-order valence-corrected chi connectivity index (χ2v) is 4.50. The lowest BCUT2D eigenvalue weighted by atomic mass is 9.95. The van der Waals surface area contributed by atoms with Crippen molar-refractivity contribution >= 4 is 11.9 Å². The second kappa shape index (κ2) is 3.83. The van der Waals surface area contributed by atoms with Gasteiger partial charge in [-0.25, -0.2) is 0 Å². The maximum atomic E-state index is 11.9. The number of aliphatic imine (C=N–C) groups is 1. The van der Waals surface area contributed by atoms with Gasteiger partial charge in [0.05, 0.1) is 0 Å². The molecule has 2 unspecified atom stereocenters. The number of guanidine groups is 1. The monoisotopic (exact) mass is 209 g/mol. The largest absolute Gasteiger partial charge is 0.342 e. The molecule has 1 heterocycles. The normalized spacial score (nSPS) is 37.3. The van der Waals surface area contributed by atoms with Crippen LogP contribution in [0.1, 0.15) is 39.5 Å². The van der Waals surface area contributed by atoms with Crippen molar-refractivity contribution < 1.29 is 4.79 Å². The lowest BCUT2D eigenvalue weighted by Gasteiger charge is -2.19. The smallest absolute Gasteiger partial charge is 0.252 e. The minimum atomic E-state index is -0.339. The summed E-state index contributed by atoms with van der Waals surface area (Å²) in [6.45, 7) is 4.86. The van der Waals surface area contributed by atoms with Crippen LogP contribution in [0.2, 0.25) is 0 Å². The maximum Gasteiger partial charge on any atom is 0.252 e. The molecular weight excluding hydrogens is 190 g/mol. The fourth-order valence-corrected chi connectivity index (χ4v) is 2.59. The molecule has 2 atom stereocenters. The first kappa shape index (κ1) is 10.5. The Balaban J connectivity index is 2.11. The van der Waals surface area contributed by atoms with Gasteiger partial charge in [0, 0.05) is 6.54 Å². The zero-order valence-electron chi connectivity index (χ0n) is 9.47. The van der Waals surface area contributed by atoms with Gasteiger partial charge >= 0.3 is 0 Å². The summed E-state index contributed by atoms with van der Waals surface area (Å²) in [5.41, 5.74) is -0.339. The molecule has 2 rings (SSSR count). The van der Waals surface area contributed by atoms with Crippen LogP contribution in [0, 0.1) is 5.92 Å². The Morgan fingerprint density at radius 1 is 1.53 bits per heavy atom. The first-order chi connectivity index (χ1) is 7.20. The van der Waals surface area contributed by atoms with Crippen molar-refractivity contribution in [3.05, 3.63) is 0 Å². The number of rotatable bonds is 2. The zero-order valence-corrected chi connectivity index (χ0v) is 9.47.